The third-order valence-corrected chi connectivity index (χ3v) is 5.93. The number of fused-ring (bicyclic) bond motifs is 1. The monoisotopic (exact) mass is 371 g/mol. The van der Waals surface area contributed by atoms with Gasteiger partial charge in [0.15, 0.2) is 0 Å². The molecule has 7 heteroatoms. The predicted octanol–water partition coefficient (Wildman–Crippen LogP) is 0.709. The number of morpholine rings is 1. The number of likely N-dealkylation sites (tertiary alicyclic amines) is 2. The van der Waals surface area contributed by atoms with Crippen molar-refractivity contribution < 1.29 is 19.1 Å². The molecule has 4 rings (SSSR count). The summed E-state index contributed by atoms with van der Waals surface area (Å²) in [5, 5.41) is 0. The van der Waals surface area contributed by atoms with Crippen molar-refractivity contribution in [3.63, 3.8) is 0 Å². The van der Waals surface area contributed by atoms with Gasteiger partial charge in [-0.1, -0.05) is 0 Å². The highest BCUT2D eigenvalue weighted by Gasteiger charge is 2.43. The van der Waals surface area contributed by atoms with Crippen molar-refractivity contribution in [3.8, 4) is 0 Å². The number of carbonyl (C=O) groups is 3. The fraction of sp³-hybridized carbons (Fsp3) is 0.550. The number of nitrogens with zero attached hydrogens (tertiary/aromatic N) is 3. The van der Waals surface area contributed by atoms with Crippen LogP contribution in [0.15, 0.2) is 24.3 Å². The number of benzene rings is 1. The number of ether oxygens (including phenoxy) is 1. The molecule has 7 nitrogen and oxygen atoms in total. The van der Waals surface area contributed by atoms with Crippen molar-refractivity contribution >= 4 is 17.7 Å². The number of amides is 3. The Morgan fingerprint density at radius 2 is 1.52 bits per heavy atom. The largest absolute Gasteiger partial charge is 0.378 e. The van der Waals surface area contributed by atoms with E-state index in [9.17, 15) is 14.4 Å². The number of carbonyl (C=O) groups excluding carboxylic acids is 3. The second kappa shape index (κ2) is 7.31. The van der Waals surface area contributed by atoms with E-state index < -0.39 is 0 Å². The van der Waals surface area contributed by atoms with E-state index in [-0.39, 0.29) is 29.6 Å². The molecule has 1 aromatic rings. The Bertz CT molecular complexity index is 742. The van der Waals surface area contributed by atoms with Crippen molar-refractivity contribution in [2.75, 3.05) is 53.0 Å². The van der Waals surface area contributed by atoms with Crippen LogP contribution in [0.3, 0.4) is 0 Å². The highest BCUT2D eigenvalue weighted by atomic mass is 16.5. The maximum Gasteiger partial charge on any atom is 0.254 e. The zero-order valence-electron chi connectivity index (χ0n) is 15.6. The average Bonchev–Trinajstić information content (AvgIpc) is 3.15. The topological polar surface area (TPSA) is 70.2 Å². The summed E-state index contributed by atoms with van der Waals surface area (Å²) in [5.41, 5.74) is 1.15. The Labute approximate surface area is 158 Å². The van der Waals surface area contributed by atoms with Crippen LogP contribution in [-0.2, 0) is 9.53 Å². The van der Waals surface area contributed by atoms with Gasteiger partial charge in [0.05, 0.1) is 19.1 Å². The molecule has 27 heavy (non-hydrogen) atoms. The van der Waals surface area contributed by atoms with Gasteiger partial charge in [-0.3, -0.25) is 14.4 Å². The lowest BCUT2D eigenvalue weighted by Gasteiger charge is -2.30. The molecule has 144 valence electrons. The molecule has 3 heterocycles. The van der Waals surface area contributed by atoms with Crippen LogP contribution in [0.25, 0.3) is 0 Å². The van der Waals surface area contributed by atoms with E-state index in [4.69, 9.17) is 4.74 Å². The van der Waals surface area contributed by atoms with E-state index >= 15 is 0 Å². The Morgan fingerprint density at radius 1 is 0.926 bits per heavy atom. The van der Waals surface area contributed by atoms with Gasteiger partial charge in [0.25, 0.3) is 11.8 Å². The second-order valence-electron chi connectivity index (χ2n) is 7.61. The molecule has 3 aliphatic rings. The quantitative estimate of drug-likeness (QED) is 0.768. The molecular weight excluding hydrogens is 346 g/mol. The van der Waals surface area contributed by atoms with Crippen molar-refractivity contribution in [2.45, 2.75) is 6.42 Å². The average molecular weight is 371 g/mol. The first-order chi connectivity index (χ1) is 13.0. The summed E-state index contributed by atoms with van der Waals surface area (Å²) in [4.78, 5) is 43.0. The molecule has 0 aliphatic carbocycles. The number of hydrogen-bond donors (Lipinski definition) is 0. The summed E-state index contributed by atoms with van der Waals surface area (Å²) in [5.74, 6) is 0.242. The van der Waals surface area contributed by atoms with Gasteiger partial charge in [-0.15, -0.1) is 0 Å². The SMILES string of the molecule is CN1CCC2CN(C(=O)c3ccc(C(=O)N4CCOCC4)cc3)CC2C1=O. The maximum atomic E-state index is 12.9. The highest BCUT2D eigenvalue weighted by molar-refractivity contribution is 5.98. The molecule has 3 aliphatic heterocycles. The second-order valence-corrected chi connectivity index (χ2v) is 7.61. The van der Waals surface area contributed by atoms with E-state index in [0.29, 0.717) is 50.5 Å². The van der Waals surface area contributed by atoms with Crippen LogP contribution in [0.5, 0.6) is 0 Å². The summed E-state index contributed by atoms with van der Waals surface area (Å²) in [6, 6.07) is 6.86. The number of rotatable bonds is 2. The molecule has 3 saturated heterocycles. The van der Waals surface area contributed by atoms with Crippen molar-refractivity contribution in [1.82, 2.24) is 14.7 Å². The van der Waals surface area contributed by atoms with Crippen LogP contribution in [0.1, 0.15) is 27.1 Å². The molecule has 0 N–H and O–H groups in total. The Balaban J connectivity index is 1.42. The van der Waals surface area contributed by atoms with E-state index in [1.54, 1.807) is 39.0 Å². The van der Waals surface area contributed by atoms with Crippen LogP contribution in [0.2, 0.25) is 0 Å². The van der Waals surface area contributed by atoms with Gasteiger partial charge in [0.1, 0.15) is 0 Å². The standard InChI is InChI=1S/C20H25N3O4/c1-21-7-6-16-12-23(13-17(16)20(21)26)19(25)15-4-2-14(3-5-15)18(24)22-8-10-27-11-9-22/h2-5,16-17H,6-13H2,1H3. The summed E-state index contributed by atoms with van der Waals surface area (Å²) in [6.45, 7) is 4.21. The van der Waals surface area contributed by atoms with E-state index in [2.05, 4.69) is 0 Å². The third kappa shape index (κ3) is 3.43. The fourth-order valence-corrected chi connectivity index (χ4v) is 4.25. The molecule has 2 unspecified atom stereocenters. The van der Waals surface area contributed by atoms with Gasteiger partial charge in [-0.05, 0) is 36.6 Å². The van der Waals surface area contributed by atoms with Crippen LogP contribution in [0, 0.1) is 11.8 Å². The smallest absolute Gasteiger partial charge is 0.254 e. The van der Waals surface area contributed by atoms with Gasteiger partial charge < -0.3 is 19.4 Å². The third-order valence-electron chi connectivity index (χ3n) is 5.93. The van der Waals surface area contributed by atoms with Gasteiger partial charge in [-0.2, -0.15) is 0 Å². The van der Waals surface area contributed by atoms with Crippen molar-refractivity contribution in [1.29, 1.82) is 0 Å². The highest BCUT2D eigenvalue weighted by Crippen LogP contribution is 2.32. The first kappa shape index (κ1) is 18.0. The van der Waals surface area contributed by atoms with Crippen molar-refractivity contribution in [2.24, 2.45) is 11.8 Å². The number of hydrogen-bond acceptors (Lipinski definition) is 4. The van der Waals surface area contributed by atoms with Crippen LogP contribution in [-0.4, -0.2) is 85.4 Å². The molecule has 3 amide bonds. The van der Waals surface area contributed by atoms with Crippen LogP contribution in [0.4, 0.5) is 0 Å². The van der Waals surface area contributed by atoms with Crippen LogP contribution < -0.4 is 0 Å². The summed E-state index contributed by atoms with van der Waals surface area (Å²) >= 11 is 0. The fourth-order valence-electron chi connectivity index (χ4n) is 4.25. The molecule has 0 spiro atoms. The molecule has 1 aromatic carbocycles. The normalized spacial score (nSPS) is 25.5. The van der Waals surface area contributed by atoms with Gasteiger partial charge in [0.2, 0.25) is 5.91 Å². The molecule has 2 atom stereocenters. The van der Waals surface area contributed by atoms with Crippen LogP contribution >= 0.6 is 0 Å². The van der Waals surface area contributed by atoms with E-state index in [1.165, 1.54) is 0 Å². The molecular formula is C20H25N3O4. The van der Waals surface area contributed by atoms with Gasteiger partial charge in [-0.25, -0.2) is 0 Å². The first-order valence-corrected chi connectivity index (χ1v) is 9.56. The van der Waals surface area contributed by atoms with Crippen molar-refractivity contribution in [3.05, 3.63) is 35.4 Å². The Morgan fingerprint density at radius 3 is 2.15 bits per heavy atom. The molecule has 0 aromatic heterocycles. The Hall–Kier alpha value is -2.41. The van der Waals surface area contributed by atoms with Gasteiger partial charge >= 0.3 is 0 Å². The minimum Gasteiger partial charge on any atom is -0.378 e. The van der Waals surface area contributed by atoms with Gasteiger partial charge in [0, 0.05) is 50.9 Å². The van der Waals surface area contributed by atoms with E-state index in [1.807, 2.05) is 7.05 Å². The lowest BCUT2D eigenvalue weighted by atomic mass is 9.88. The zero-order valence-corrected chi connectivity index (χ0v) is 15.6. The molecule has 0 bridgehead atoms. The van der Waals surface area contributed by atoms with E-state index in [0.717, 1.165) is 13.0 Å². The summed E-state index contributed by atoms with van der Waals surface area (Å²) < 4.78 is 5.28. The minimum atomic E-state index is -0.0742. The zero-order chi connectivity index (χ0) is 19.0. The molecule has 0 radical (unpaired) electrons. The molecule has 0 saturated carbocycles. The summed E-state index contributed by atoms with van der Waals surface area (Å²) in [7, 11) is 1.83. The predicted molar refractivity (Wildman–Crippen MR) is 98.3 cm³/mol. The molecule has 3 fully saturated rings. The number of piperidine rings is 1. The minimum absolute atomic E-state index is 0.0295. The Kier molecular flexibility index (Phi) is 4.86. The lowest BCUT2D eigenvalue weighted by Crippen LogP contribution is -2.42. The first-order valence-electron chi connectivity index (χ1n) is 9.56. The lowest BCUT2D eigenvalue weighted by molar-refractivity contribution is -0.137. The maximum absolute atomic E-state index is 12.9. The summed E-state index contributed by atoms with van der Waals surface area (Å²) in [6.07, 6.45) is 0.948.